The Bertz CT molecular complexity index is 1220. The van der Waals surface area contributed by atoms with E-state index in [2.05, 4.69) is 36.3 Å². The Balaban J connectivity index is 1.85. The summed E-state index contributed by atoms with van der Waals surface area (Å²) in [4.78, 5) is 36.6. The molecule has 2 aromatic carbocycles. The van der Waals surface area contributed by atoms with Crippen LogP contribution in [0, 0.1) is 21.4 Å². The molecule has 222 valence electrons. The number of aliphatic carboxylic acids is 1. The van der Waals surface area contributed by atoms with Crippen molar-refractivity contribution in [3.63, 3.8) is 0 Å². The molecule has 0 bridgehead atoms. The maximum atomic E-state index is 12.4. The molecule has 0 saturated heterocycles. The number of nitrogens with zero attached hydrogens (tertiary/aromatic N) is 2. The van der Waals surface area contributed by atoms with Gasteiger partial charge in [-0.1, -0.05) is 56.6 Å². The standard InChI is InChI=1S/C31H41ClN4O5/c1-21(23-9-13-26(32)14-10-23)34-28(20-36(40)41)35(27-15-11-25(12-16-27)31(2,3)4)19-22-5-7-24(8-6-22)30(39)33-18-17-29(37)38/h5-10,13-14,20-21,25,27,34H,11-12,15-19H2,1-4H3,(H,33,39)(H,37,38)/b28-20-/t21?,25-,27-. The summed E-state index contributed by atoms with van der Waals surface area (Å²) in [5, 5.41) is 27.2. The molecular formula is C31H41ClN4O5. The van der Waals surface area contributed by atoms with Gasteiger partial charge in [-0.3, -0.25) is 19.7 Å². The molecule has 41 heavy (non-hydrogen) atoms. The molecule has 2 aromatic rings. The zero-order valence-corrected chi connectivity index (χ0v) is 25.0. The number of carboxylic acids is 1. The van der Waals surface area contributed by atoms with E-state index in [1.54, 1.807) is 24.3 Å². The lowest BCUT2D eigenvalue weighted by Crippen LogP contribution is -2.43. The van der Waals surface area contributed by atoms with Gasteiger partial charge in [0.1, 0.15) is 0 Å². The van der Waals surface area contributed by atoms with Gasteiger partial charge in [-0.2, -0.15) is 0 Å². The van der Waals surface area contributed by atoms with E-state index in [4.69, 9.17) is 16.7 Å². The van der Waals surface area contributed by atoms with Gasteiger partial charge in [0.25, 0.3) is 12.1 Å². The van der Waals surface area contributed by atoms with Crippen molar-refractivity contribution in [2.75, 3.05) is 6.54 Å². The van der Waals surface area contributed by atoms with Gasteiger partial charge < -0.3 is 20.6 Å². The van der Waals surface area contributed by atoms with E-state index in [-0.39, 0.29) is 36.4 Å². The zero-order valence-electron chi connectivity index (χ0n) is 24.2. The molecule has 1 saturated carbocycles. The highest BCUT2D eigenvalue weighted by molar-refractivity contribution is 6.30. The van der Waals surface area contributed by atoms with Crippen LogP contribution in [-0.4, -0.2) is 39.4 Å². The van der Waals surface area contributed by atoms with E-state index in [9.17, 15) is 19.7 Å². The molecule has 1 amide bonds. The third-order valence-corrected chi connectivity index (χ3v) is 8.08. The maximum Gasteiger partial charge on any atom is 0.305 e. The van der Waals surface area contributed by atoms with Crippen LogP contribution in [0.3, 0.4) is 0 Å². The van der Waals surface area contributed by atoms with Crippen molar-refractivity contribution in [1.82, 2.24) is 15.5 Å². The van der Waals surface area contributed by atoms with Crippen LogP contribution in [-0.2, 0) is 11.3 Å². The quantitative estimate of drug-likeness (QED) is 0.195. The Hall–Kier alpha value is -3.59. The molecular weight excluding hydrogens is 544 g/mol. The summed E-state index contributed by atoms with van der Waals surface area (Å²) >= 11 is 6.07. The van der Waals surface area contributed by atoms with Crippen LogP contribution in [0.15, 0.2) is 60.6 Å². The van der Waals surface area contributed by atoms with Crippen molar-refractivity contribution in [1.29, 1.82) is 0 Å². The number of hydrogen-bond donors (Lipinski definition) is 3. The molecule has 3 rings (SSSR count). The van der Waals surface area contributed by atoms with Gasteiger partial charge in [-0.15, -0.1) is 0 Å². The van der Waals surface area contributed by atoms with E-state index < -0.39 is 10.9 Å². The number of hydrogen-bond acceptors (Lipinski definition) is 6. The van der Waals surface area contributed by atoms with Gasteiger partial charge in [0.2, 0.25) is 0 Å². The average molecular weight is 585 g/mol. The Morgan fingerprint density at radius 3 is 2.24 bits per heavy atom. The van der Waals surface area contributed by atoms with E-state index in [1.165, 1.54) is 0 Å². The van der Waals surface area contributed by atoms with Crippen LogP contribution in [0.4, 0.5) is 0 Å². The van der Waals surface area contributed by atoms with Crippen molar-refractivity contribution >= 4 is 23.5 Å². The largest absolute Gasteiger partial charge is 0.481 e. The maximum absolute atomic E-state index is 12.4. The number of nitro groups is 1. The van der Waals surface area contributed by atoms with Crippen LogP contribution in [0.5, 0.6) is 0 Å². The number of benzene rings is 2. The summed E-state index contributed by atoms with van der Waals surface area (Å²) in [6.07, 6.45) is 4.81. The first kappa shape index (κ1) is 31.9. The number of halogens is 1. The first-order valence-electron chi connectivity index (χ1n) is 14.1. The van der Waals surface area contributed by atoms with Crippen LogP contribution in [0.1, 0.15) is 87.3 Å². The van der Waals surface area contributed by atoms with Gasteiger partial charge >= 0.3 is 5.97 Å². The molecule has 0 radical (unpaired) electrons. The summed E-state index contributed by atoms with van der Waals surface area (Å²) < 4.78 is 0. The van der Waals surface area contributed by atoms with Crippen molar-refractivity contribution in [3.05, 3.63) is 92.4 Å². The van der Waals surface area contributed by atoms with Crippen LogP contribution in [0.25, 0.3) is 0 Å². The lowest BCUT2D eigenvalue weighted by molar-refractivity contribution is -0.405. The second-order valence-electron chi connectivity index (χ2n) is 11.8. The average Bonchev–Trinajstić information content (AvgIpc) is 2.91. The molecule has 1 fully saturated rings. The van der Waals surface area contributed by atoms with Gasteiger partial charge in [-0.05, 0) is 79.3 Å². The molecule has 0 aromatic heterocycles. The van der Waals surface area contributed by atoms with Crippen LogP contribution >= 0.6 is 11.6 Å². The first-order chi connectivity index (χ1) is 19.3. The molecule has 0 spiro atoms. The second kappa shape index (κ2) is 14.3. The third-order valence-electron chi connectivity index (χ3n) is 7.83. The highest BCUT2D eigenvalue weighted by atomic mass is 35.5. The molecule has 1 unspecified atom stereocenters. The van der Waals surface area contributed by atoms with Crippen molar-refractivity contribution < 1.29 is 19.6 Å². The highest BCUT2D eigenvalue weighted by Gasteiger charge is 2.33. The molecule has 9 nitrogen and oxygen atoms in total. The molecule has 3 N–H and O–H groups in total. The third kappa shape index (κ3) is 9.78. The molecule has 0 aliphatic heterocycles. The number of carbonyl (C=O) groups is 2. The minimum absolute atomic E-state index is 0.0491. The summed E-state index contributed by atoms with van der Waals surface area (Å²) in [6, 6.07) is 14.4. The number of amides is 1. The summed E-state index contributed by atoms with van der Waals surface area (Å²) in [7, 11) is 0. The number of rotatable bonds is 12. The number of carbonyl (C=O) groups excluding carboxylic acids is 1. The summed E-state index contributed by atoms with van der Waals surface area (Å²) in [5.41, 5.74) is 2.49. The highest BCUT2D eigenvalue weighted by Crippen LogP contribution is 2.40. The molecule has 10 heteroatoms. The van der Waals surface area contributed by atoms with Crippen molar-refractivity contribution in [2.45, 2.75) is 78.4 Å². The second-order valence-corrected chi connectivity index (χ2v) is 12.2. The van der Waals surface area contributed by atoms with Crippen molar-refractivity contribution in [2.24, 2.45) is 11.3 Å². The topological polar surface area (TPSA) is 125 Å². The predicted octanol–water partition coefficient (Wildman–Crippen LogP) is 6.38. The molecule has 1 atom stereocenters. The minimum atomic E-state index is -0.977. The Morgan fingerprint density at radius 2 is 1.71 bits per heavy atom. The van der Waals surface area contributed by atoms with E-state index in [0.29, 0.717) is 28.9 Å². The first-order valence-corrected chi connectivity index (χ1v) is 14.4. The van der Waals surface area contributed by atoms with E-state index in [1.807, 2.05) is 31.2 Å². The summed E-state index contributed by atoms with van der Waals surface area (Å²) in [6.45, 7) is 9.23. The zero-order chi connectivity index (χ0) is 30.2. The fraction of sp³-hybridized carbons (Fsp3) is 0.484. The number of carboxylic acid groups (broad SMARTS) is 1. The van der Waals surface area contributed by atoms with Gasteiger partial charge in [-0.25, -0.2) is 0 Å². The number of nitrogens with one attached hydrogen (secondary N) is 2. The molecule has 1 aliphatic carbocycles. The normalized spacial score (nSPS) is 18.3. The smallest absolute Gasteiger partial charge is 0.305 e. The lowest BCUT2D eigenvalue weighted by atomic mass is 9.71. The van der Waals surface area contributed by atoms with Crippen LogP contribution in [0.2, 0.25) is 5.02 Å². The van der Waals surface area contributed by atoms with Crippen LogP contribution < -0.4 is 10.6 Å². The Morgan fingerprint density at radius 1 is 1.10 bits per heavy atom. The monoisotopic (exact) mass is 584 g/mol. The molecule has 0 heterocycles. The van der Waals surface area contributed by atoms with Gasteiger partial charge in [0.05, 0.1) is 17.4 Å². The predicted molar refractivity (Wildman–Crippen MR) is 160 cm³/mol. The minimum Gasteiger partial charge on any atom is -0.481 e. The fourth-order valence-corrected chi connectivity index (χ4v) is 5.48. The SMILES string of the molecule is CC(N/C(=C/[N+](=O)[O-])N(Cc1ccc(C(=O)NCCC(=O)O)cc1)[C@H]1CC[C@H](C(C)(C)C)CC1)c1ccc(Cl)cc1. The van der Waals surface area contributed by atoms with Crippen molar-refractivity contribution in [3.8, 4) is 0 Å². The lowest BCUT2D eigenvalue weighted by Gasteiger charge is -2.42. The van der Waals surface area contributed by atoms with Gasteiger partial charge in [0, 0.05) is 29.7 Å². The Labute approximate surface area is 247 Å². The molecule has 1 aliphatic rings. The van der Waals surface area contributed by atoms with E-state index >= 15 is 0 Å². The van der Waals surface area contributed by atoms with E-state index in [0.717, 1.165) is 43.0 Å². The van der Waals surface area contributed by atoms with Gasteiger partial charge in [0.15, 0.2) is 5.82 Å². The summed E-state index contributed by atoms with van der Waals surface area (Å²) in [5.74, 6) is -0.298. The Kier molecular flexibility index (Phi) is 11.2. The fourth-order valence-electron chi connectivity index (χ4n) is 5.36.